The van der Waals surface area contributed by atoms with Crippen LogP contribution >= 0.6 is 0 Å². The molecule has 1 N–H and O–H groups in total. The van der Waals surface area contributed by atoms with Crippen LogP contribution in [0.5, 0.6) is 0 Å². The zero-order valence-corrected chi connectivity index (χ0v) is 9.42. The van der Waals surface area contributed by atoms with E-state index in [1.165, 1.54) is 19.3 Å². The molecule has 3 nitrogen and oxygen atoms in total. The quantitative estimate of drug-likeness (QED) is 0.707. The molecular weight excluding hydrogens is 178 g/mol. The van der Waals surface area contributed by atoms with Crippen molar-refractivity contribution in [2.45, 2.75) is 45.3 Å². The van der Waals surface area contributed by atoms with Crippen molar-refractivity contribution in [3.05, 3.63) is 0 Å². The van der Waals surface area contributed by atoms with Crippen LogP contribution in [0.1, 0.15) is 33.1 Å². The summed E-state index contributed by atoms with van der Waals surface area (Å²) in [6, 6.07) is 0.644. The molecule has 1 saturated heterocycles. The van der Waals surface area contributed by atoms with Crippen molar-refractivity contribution in [3.8, 4) is 0 Å². The van der Waals surface area contributed by atoms with Gasteiger partial charge in [-0.3, -0.25) is 0 Å². The van der Waals surface area contributed by atoms with Gasteiger partial charge in [0.2, 0.25) is 0 Å². The lowest BCUT2D eigenvalue weighted by Crippen LogP contribution is -2.41. The second-order valence-corrected chi connectivity index (χ2v) is 3.87. The summed E-state index contributed by atoms with van der Waals surface area (Å²) in [6.07, 6.45) is 3.95. The summed E-state index contributed by atoms with van der Waals surface area (Å²) in [5.74, 6) is 0. The Bertz CT molecular complexity index is 130. The highest BCUT2D eigenvalue weighted by Gasteiger charge is 2.15. The minimum atomic E-state index is 0.259. The first-order chi connectivity index (χ1) is 6.86. The van der Waals surface area contributed by atoms with Crippen LogP contribution in [0.15, 0.2) is 0 Å². The smallest absolute Gasteiger partial charge is 0.0933 e. The van der Waals surface area contributed by atoms with Crippen LogP contribution in [0.4, 0.5) is 0 Å². The number of hydrogen-bond acceptors (Lipinski definition) is 3. The molecule has 0 radical (unpaired) electrons. The van der Waals surface area contributed by atoms with Gasteiger partial charge in [-0.15, -0.1) is 0 Å². The first-order valence-electron chi connectivity index (χ1n) is 5.79. The first-order valence-corrected chi connectivity index (χ1v) is 5.79. The second-order valence-electron chi connectivity index (χ2n) is 3.87. The number of nitrogens with one attached hydrogen (secondary N) is 1. The van der Waals surface area contributed by atoms with Crippen molar-refractivity contribution < 1.29 is 9.47 Å². The van der Waals surface area contributed by atoms with Gasteiger partial charge in [0.05, 0.1) is 25.9 Å². The summed E-state index contributed by atoms with van der Waals surface area (Å²) in [5.41, 5.74) is 0. The Labute approximate surface area is 87.2 Å². The summed E-state index contributed by atoms with van der Waals surface area (Å²) >= 11 is 0. The van der Waals surface area contributed by atoms with Crippen LogP contribution in [0.25, 0.3) is 0 Å². The van der Waals surface area contributed by atoms with Gasteiger partial charge in [0.25, 0.3) is 0 Å². The van der Waals surface area contributed by atoms with Crippen molar-refractivity contribution >= 4 is 0 Å². The van der Waals surface area contributed by atoms with Gasteiger partial charge in [-0.25, -0.2) is 0 Å². The zero-order chi connectivity index (χ0) is 10.2. The van der Waals surface area contributed by atoms with E-state index in [0.29, 0.717) is 6.04 Å². The van der Waals surface area contributed by atoms with Crippen molar-refractivity contribution in [2.24, 2.45) is 0 Å². The topological polar surface area (TPSA) is 30.5 Å². The van der Waals surface area contributed by atoms with Crippen LogP contribution in [-0.2, 0) is 9.47 Å². The van der Waals surface area contributed by atoms with Crippen LogP contribution in [0, 0.1) is 0 Å². The minimum absolute atomic E-state index is 0.259. The van der Waals surface area contributed by atoms with E-state index in [0.717, 1.165) is 26.4 Å². The highest BCUT2D eigenvalue weighted by atomic mass is 16.6. The Kier molecular flexibility index (Phi) is 6.15. The lowest BCUT2D eigenvalue weighted by atomic mass is 10.1. The maximum Gasteiger partial charge on any atom is 0.0933 e. The van der Waals surface area contributed by atoms with Gasteiger partial charge in [0.15, 0.2) is 0 Å². The maximum absolute atomic E-state index is 5.56. The van der Waals surface area contributed by atoms with E-state index in [4.69, 9.17) is 9.47 Å². The third-order valence-electron chi connectivity index (χ3n) is 2.65. The Balaban J connectivity index is 2.10. The molecule has 1 aliphatic heterocycles. The fourth-order valence-corrected chi connectivity index (χ4v) is 1.75. The van der Waals surface area contributed by atoms with Crippen molar-refractivity contribution in [1.82, 2.24) is 5.32 Å². The average molecular weight is 201 g/mol. The van der Waals surface area contributed by atoms with Crippen LogP contribution < -0.4 is 5.32 Å². The van der Waals surface area contributed by atoms with Crippen molar-refractivity contribution in [2.75, 3.05) is 26.4 Å². The molecule has 0 amide bonds. The monoisotopic (exact) mass is 201 g/mol. The van der Waals surface area contributed by atoms with Crippen LogP contribution in [-0.4, -0.2) is 38.5 Å². The molecule has 0 aliphatic carbocycles. The average Bonchev–Trinajstić information content (AvgIpc) is 2.25. The number of rotatable bonds is 6. The van der Waals surface area contributed by atoms with E-state index in [1.807, 2.05) is 0 Å². The molecule has 14 heavy (non-hydrogen) atoms. The van der Waals surface area contributed by atoms with Gasteiger partial charge in [-0.2, -0.15) is 0 Å². The highest BCUT2D eigenvalue weighted by molar-refractivity contribution is 4.70. The summed E-state index contributed by atoms with van der Waals surface area (Å²) in [7, 11) is 0. The van der Waals surface area contributed by atoms with E-state index >= 15 is 0 Å². The lowest BCUT2D eigenvalue weighted by Gasteiger charge is -2.25. The van der Waals surface area contributed by atoms with Gasteiger partial charge in [0, 0.05) is 12.6 Å². The van der Waals surface area contributed by atoms with E-state index < -0.39 is 0 Å². The Morgan fingerprint density at radius 2 is 2.21 bits per heavy atom. The fourth-order valence-electron chi connectivity index (χ4n) is 1.75. The molecule has 0 aromatic carbocycles. The second kappa shape index (κ2) is 7.21. The van der Waals surface area contributed by atoms with Gasteiger partial charge in [-0.1, -0.05) is 20.3 Å². The van der Waals surface area contributed by atoms with Crippen molar-refractivity contribution in [3.63, 3.8) is 0 Å². The molecule has 84 valence electrons. The largest absolute Gasteiger partial charge is 0.376 e. The molecular formula is C11H23NO2. The standard InChI is InChI=1S/C11H23NO2/c1-3-5-10(4-2)12-8-11-9-13-6-7-14-11/h10-12H,3-9H2,1-2H3. The third kappa shape index (κ3) is 4.40. The molecule has 1 fully saturated rings. The summed E-state index contributed by atoms with van der Waals surface area (Å²) in [4.78, 5) is 0. The van der Waals surface area contributed by atoms with Gasteiger partial charge >= 0.3 is 0 Å². The summed E-state index contributed by atoms with van der Waals surface area (Å²) in [5, 5.41) is 3.54. The van der Waals surface area contributed by atoms with E-state index in [1.54, 1.807) is 0 Å². The van der Waals surface area contributed by atoms with Crippen molar-refractivity contribution in [1.29, 1.82) is 0 Å². The lowest BCUT2D eigenvalue weighted by molar-refractivity contribution is -0.0871. The third-order valence-corrected chi connectivity index (χ3v) is 2.65. The number of hydrogen-bond donors (Lipinski definition) is 1. The predicted octanol–water partition coefficient (Wildman–Crippen LogP) is 1.57. The van der Waals surface area contributed by atoms with Crippen LogP contribution in [0.3, 0.4) is 0 Å². The van der Waals surface area contributed by atoms with Gasteiger partial charge in [-0.05, 0) is 12.8 Å². The minimum Gasteiger partial charge on any atom is -0.376 e. The van der Waals surface area contributed by atoms with E-state index in [-0.39, 0.29) is 6.10 Å². The Morgan fingerprint density at radius 1 is 1.36 bits per heavy atom. The maximum atomic E-state index is 5.56. The Hall–Kier alpha value is -0.120. The molecule has 0 bridgehead atoms. The van der Waals surface area contributed by atoms with E-state index in [2.05, 4.69) is 19.2 Å². The molecule has 1 heterocycles. The number of ether oxygens (including phenoxy) is 2. The molecule has 0 saturated carbocycles. The molecule has 0 aromatic rings. The molecule has 2 atom stereocenters. The molecule has 2 unspecified atom stereocenters. The van der Waals surface area contributed by atoms with E-state index in [9.17, 15) is 0 Å². The predicted molar refractivity (Wildman–Crippen MR) is 57.5 cm³/mol. The zero-order valence-electron chi connectivity index (χ0n) is 9.42. The van der Waals surface area contributed by atoms with Crippen LogP contribution in [0.2, 0.25) is 0 Å². The SMILES string of the molecule is CCCC(CC)NCC1COCCO1. The molecule has 0 aromatic heterocycles. The van der Waals surface area contributed by atoms with Gasteiger partial charge < -0.3 is 14.8 Å². The molecule has 0 spiro atoms. The molecule has 1 rings (SSSR count). The summed E-state index contributed by atoms with van der Waals surface area (Å²) < 4.78 is 10.9. The molecule has 1 aliphatic rings. The Morgan fingerprint density at radius 3 is 2.79 bits per heavy atom. The fraction of sp³-hybridized carbons (Fsp3) is 1.00. The first kappa shape index (κ1) is 12.0. The highest BCUT2D eigenvalue weighted by Crippen LogP contribution is 2.03. The van der Waals surface area contributed by atoms with Gasteiger partial charge in [0.1, 0.15) is 0 Å². The molecule has 3 heteroatoms. The normalized spacial score (nSPS) is 24.9. The summed E-state index contributed by atoms with van der Waals surface area (Å²) in [6.45, 7) is 7.63.